The molecule has 3 rings (SSSR count). The molecule has 0 atom stereocenters. The summed E-state index contributed by atoms with van der Waals surface area (Å²) >= 11 is 3.55. The largest absolute Gasteiger partial charge is 0.489 e. The second-order valence-corrected chi connectivity index (χ2v) is 7.80. The lowest BCUT2D eigenvalue weighted by Gasteiger charge is -2.32. The van der Waals surface area contributed by atoms with Gasteiger partial charge in [-0.15, -0.1) is 0 Å². The van der Waals surface area contributed by atoms with Gasteiger partial charge in [-0.1, -0.05) is 34.1 Å². The second kappa shape index (κ2) is 9.49. The van der Waals surface area contributed by atoms with Crippen molar-refractivity contribution in [3.63, 3.8) is 0 Å². The van der Waals surface area contributed by atoms with Crippen LogP contribution in [0.1, 0.15) is 17.5 Å². The van der Waals surface area contributed by atoms with Gasteiger partial charge in [0.05, 0.1) is 0 Å². The van der Waals surface area contributed by atoms with Gasteiger partial charge in [0, 0.05) is 36.2 Å². The molecule has 0 N–H and O–H groups in total. The van der Waals surface area contributed by atoms with Crippen molar-refractivity contribution in [3.8, 4) is 5.75 Å². The molecule has 26 heavy (non-hydrogen) atoms. The van der Waals surface area contributed by atoms with E-state index in [2.05, 4.69) is 38.8 Å². The van der Waals surface area contributed by atoms with Gasteiger partial charge in [-0.2, -0.15) is 0 Å². The first kappa shape index (κ1) is 19.3. The highest BCUT2D eigenvalue weighted by Gasteiger charge is 2.14. The minimum atomic E-state index is -0.221. The second-order valence-electron chi connectivity index (χ2n) is 6.88. The van der Waals surface area contributed by atoms with Gasteiger partial charge in [0.15, 0.2) is 0 Å². The number of piperazine rings is 1. The summed E-state index contributed by atoms with van der Waals surface area (Å²) in [6.45, 7) is 5.94. The normalized spacial score (nSPS) is 16.0. The summed E-state index contributed by atoms with van der Waals surface area (Å²) in [5.74, 6) is 0.621. The summed E-state index contributed by atoms with van der Waals surface area (Å²) in [6, 6.07) is 12.8. The predicted molar refractivity (Wildman–Crippen MR) is 107 cm³/mol. The van der Waals surface area contributed by atoms with E-state index >= 15 is 0 Å². The van der Waals surface area contributed by atoms with Crippen molar-refractivity contribution in [1.82, 2.24) is 9.80 Å². The molecule has 3 nitrogen and oxygen atoms in total. The van der Waals surface area contributed by atoms with Crippen molar-refractivity contribution < 1.29 is 9.13 Å². The first-order chi connectivity index (χ1) is 12.6. The molecule has 0 aromatic heterocycles. The van der Waals surface area contributed by atoms with Crippen LogP contribution in [0, 0.1) is 5.82 Å². The Hall–Kier alpha value is -1.43. The van der Waals surface area contributed by atoms with Crippen molar-refractivity contribution in [2.45, 2.75) is 19.4 Å². The van der Waals surface area contributed by atoms with Gasteiger partial charge in [-0.05, 0) is 56.3 Å². The van der Waals surface area contributed by atoms with E-state index in [1.165, 1.54) is 11.6 Å². The van der Waals surface area contributed by atoms with E-state index in [9.17, 15) is 4.39 Å². The van der Waals surface area contributed by atoms with Crippen molar-refractivity contribution in [2.24, 2.45) is 0 Å². The average Bonchev–Trinajstić information content (AvgIpc) is 2.64. The van der Waals surface area contributed by atoms with Crippen molar-refractivity contribution >= 4 is 15.9 Å². The fourth-order valence-corrected chi connectivity index (χ4v) is 3.63. The summed E-state index contributed by atoms with van der Waals surface area (Å²) in [6.07, 6.45) is 2.05. The van der Waals surface area contributed by atoms with Crippen LogP contribution in [0.5, 0.6) is 5.75 Å². The summed E-state index contributed by atoms with van der Waals surface area (Å²) in [7, 11) is 2.18. The molecule has 0 spiro atoms. The number of hydrogen-bond donors (Lipinski definition) is 0. The fraction of sp³-hybridized carbons (Fsp3) is 0.429. The third-order valence-corrected chi connectivity index (χ3v) is 5.37. The number of ether oxygens (including phenoxy) is 1. The highest BCUT2D eigenvalue weighted by atomic mass is 79.9. The quantitative estimate of drug-likeness (QED) is 0.661. The Morgan fingerprint density at radius 1 is 1.04 bits per heavy atom. The molecule has 0 amide bonds. The molecule has 1 aliphatic heterocycles. The molecule has 1 fully saturated rings. The minimum Gasteiger partial charge on any atom is -0.489 e. The number of rotatable bonds is 7. The zero-order valence-corrected chi connectivity index (χ0v) is 16.8. The summed E-state index contributed by atoms with van der Waals surface area (Å²) in [5, 5.41) is 0. The molecule has 140 valence electrons. The number of aryl methyl sites for hydroxylation is 1. The minimum absolute atomic E-state index is 0.221. The first-order valence-corrected chi connectivity index (χ1v) is 9.96. The van der Waals surface area contributed by atoms with Crippen LogP contribution in [0.4, 0.5) is 4.39 Å². The molecule has 0 unspecified atom stereocenters. The molecule has 0 aliphatic carbocycles. The van der Waals surface area contributed by atoms with E-state index in [1.807, 2.05) is 18.2 Å². The Morgan fingerprint density at radius 2 is 1.81 bits per heavy atom. The van der Waals surface area contributed by atoms with Gasteiger partial charge in [0.25, 0.3) is 0 Å². The van der Waals surface area contributed by atoms with Crippen LogP contribution in [0.25, 0.3) is 0 Å². The molecule has 0 bridgehead atoms. The topological polar surface area (TPSA) is 15.7 Å². The lowest BCUT2D eigenvalue weighted by atomic mass is 10.1. The molecule has 2 aromatic carbocycles. The van der Waals surface area contributed by atoms with Gasteiger partial charge < -0.3 is 14.5 Å². The lowest BCUT2D eigenvalue weighted by Crippen LogP contribution is -2.44. The van der Waals surface area contributed by atoms with Crippen LogP contribution >= 0.6 is 15.9 Å². The monoisotopic (exact) mass is 420 g/mol. The molecular formula is C21H26BrFN2O. The standard InChI is InChI=1S/C21H26BrFN2O/c1-24-11-13-25(14-12-24)10-4-6-17-15-19(22)8-9-21(17)26-16-18-5-2-3-7-20(18)23/h2-3,5,7-9,15H,4,6,10-14,16H2,1H3. The number of halogens is 2. The third-order valence-electron chi connectivity index (χ3n) is 4.88. The van der Waals surface area contributed by atoms with Crippen molar-refractivity contribution in [2.75, 3.05) is 39.8 Å². The van der Waals surface area contributed by atoms with E-state index in [0.29, 0.717) is 5.56 Å². The number of nitrogens with zero attached hydrogens (tertiary/aromatic N) is 2. The average molecular weight is 421 g/mol. The van der Waals surface area contributed by atoms with Gasteiger partial charge in [-0.3, -0.25) is 0 Å². The Bertz CT molecular complexity index is 717. The molecular weight excluding hydrogens is 395 g/mol. The van der Waals surface area contributed by atoms with Gasteiger partial charge in [0.1, 0.15) is 18.2 Å². The summed E-state index contributed by atoms with van der Waals surface area (Å²) in [4.78, 5) is 4.90. The van der Waals surface area contributed by atoms with E-state index < -0.39 is 0 Å². The Balaban J connectivity index is 1.56. The number of likely N-dealkylation sites (N-methyl/N-ethyl adjacent to an activating group) is 1. The van der Waals surface area contributed by atoms with Crippen molar-refractivity contribution in [3.05, 3.63) is 63.9 Å². The number of benzene rings is 2. The zero-order valence-electron chi connectivity index (χ0n) is 15.3. The maximum absolute atomic E-state index is 13.8. The summed E-state index contributed by atoms with van der Waals surface area (Å²) < 4.78 is 20.8. The lowest BCUT2D eigenvalue weighted by molar-refractivity contribution is 0.153. The molecule has 1 saturated heterocycles. The maximum atomic E-state index is 13.8. The Kier molecular flexibility index (Phi) is 7.06. The van der Waals surface area contributed by atoms with E-state index in [-0.39, 0.29) is 12.4 Å². The molecule has 0 saturated carbocycles. The van der Waals surface area contributed by atoms with E-state index in [4.69, 9.17) is 4.74 Å². The highest BCUT2D eigenvalue weighted by molar-refractivity contribution is 9.10. The zero-order chi connectivity index (χ0) is 18.4. The van der Waals surface area contributed by atoms with Crippen LogP contribution in [0.3, 0.4) is 0 Å². The fourth-order valence-electron chi connectivity index (χ4n) is 3.22. The first-order valence-electron chi connectivity index (χ1n) is 9.17. The molecule has 0 radical (unpaired) electrons. The van der Waals surface area contributed by atoms with Crippen LogP contribution in [-0.4, -0.2) is 49.6 Å². The highest BCUT2D eigenvalue weighted by Crippen LogP contribution is 2.26. The van der Waals surface area contributed by atoms with Crippen LogP contribution in [-0.2, 0) is 13.0 Å². The molecule has 1 heterocycles. The molecule has 1 aliphatic rings. The van der Waals surface area contributed by atoms with Crippen LogP contribution in [0.2, 0.25) is 0 Å². The smallest absolute Gasteiger partial charge is 0.129 e. The maximum Gasteiger partial charge on any atom is 0.129 e. The third kappa shape index (κ3) is 5.53. The molecule has 2 aromatic rings. The van der Waals surface area contributed by atoms with Gasteiger partial charge in [-0.25, -0.2) is 4.39 Å². The van der Waals surface area contributed by atoms with E-state index in [0.717, 1.165) is 55.8 Å². The SMILES string of the molecule is CN1CCN(CCCc2cc(Br)ccc2OCc2ccccc2F)CC1. The van der Waals surface area contributed by atoms with Crippen LogP contribution in [0.15, 0.2) is 46.9 Å². The van der Waals surface area contributed by atoms with Gasteiger partial charge in [0.2, 0.25) is 0 Å². The Morgan fingerprint density at radius 3 is 2.58 bits per heavy atom. The van der Waals surface area contributed by atoms with E-state index in [1.54, 1.807) is 12.1 Å². The molecule has 5 heteroatoms. The summed E-state index contributed by atoms with van der Waals surface area (Å²) in [5.41, 5.74) is 1.75. The van der Waals surface area contributed by atoms with Crippen LogP contribution < -0.4 is 4.74 Å². The van der Waals surface area contributed by atoms with Crippen molar-refractivity contribution in [1.29, 1.82) is 0 Å². The predicted octanol–water partition coefficient (Wildman–Crippen LogP) is 4.35. The Labute approximate surface area is 163 Å². The number of hydrogen-bond acceptors (Lipinski definition) is 3. The van der Waals surface area contributed by atoms with Gasteiger partial charge >= 0.3 is 0 Å².